The van der Waals surface area contributed by atoms with Crippen molar-refractivity contribution in [2.45, 2.75) is 6.92 Å². The normalized spacial score (nSPS) is 11.9. The first-order valence-corrected chi connectivity index (χ1v) is 19.8. The van der Waals surface area contributed by atoms with E-state index in [1.165, 1.54) is 49.2 Å². The molecule has 3 nitrogen and oxygen atoms in total. The van der Waals surface area contributed by atoms with Gasteiger partial charge in [0.15, 0.2) is 0 Å². The largest absolute Gasteiger partial charge is 0.309 e. The summed E-state index contributed by atoms with van der Waals surface area (Å²) in [5.41, 5.74) is 12.8. The number of benzene rings is 9. The lowest BCUT2D eigenvalue weighted by Crippen LogP contribution is -1.98. The Kier molecular flexibility index (Phi) is 7.87. The minimum atomic E-state index is 0.825. The van der Waals surface area contributed by atoms with Crippen molar-refractivity contribution in [3.63, 3.8) is 0 Å². The molecule has 11 rings (SSSR count). The second-order valence-electron chi connectivity index (χ2n) is 14.9. The van der Waals surface area contributed by atoms with Crippen LogP contribution in [0.4, 0.5) is 0 Å². The number of aromatic nitrogens is 3. The van der Waals surface area contributed by atoms with Gasteiger partial charge in [0, 0.05) is 33.0 Å². The van der Waals surface area contributed by atoms with E-state index in [0.717, 1.165) is 66.3 Å². The van der Waals surface area contributed by atoms with Gasteiger partial charge in [-0.1, -0.05) is 158 Å². The molecule has 0 fully saturated rings. The van der Waals surface area contributed by atoms with E-state index in [1.807, 2.05) is 12.3 Å². The van der Waals surface area contributed by atoms with Gasteiger partial charge in [0.2, 0.25) is 0 Å². The molecule has 0 atom stereocenters. The monoisotopic (exact) mass is 739 g/mol. The fraction of sp³-hybridized carbons (Fsp3) is 0.0182. The van der Waals surface area contributed by atoms with Gasteiger partial charge < -0.3 is 4.57 Å². The first-order chi connectivity index (χ1) is 28.7. The maximum atomic E-state index is 5.47. The minimum absolute atomic E-state index is 0.825. The molecule has 0 saturated heterocycles. The summed E-state index contributed by atoms with van der Waals surface area (Å²) in [5, 5.41) is 10.6. The first-order valence-electron chi connectivity index (χ1n) is 19.8. The minimum Gasteiger partial charge on any atom is -0.309 e. The van der Waals surface area contributed by atoms with Crippen LogP contribution in [0.2, 0.25) is 0 Å². The lowest BCUT2D eigenvalue weighted by atomic mass is 9.91. The molecule has 11 aromatic rings. The zero-order valence-corrected chi connectivity index (χ0v) is 32.0. The van der Waals surface area contributed by atoms with Crippen LogP contribution < -0.4 is 0 Å². The number of para-hydroxylation sites is 1. The Labute approximate surface area is 336 Å². The summed E-state index contributed by atoms with van der Waals surface area (Å²) in [6.45, 7) is 6.28. The Morgan fingerprint density at radius 3 is 1.74 bits per heavy atom. The van der Waals surface area contributed by atoms with Crippen LogP contribution in [0.15, 0.2) is 189 Å². The summed E-state index contributed by atoms with van der Waals surface area (Å²) in [6.07, 6.45) is 8.14. The fourth-order valence-corrected chi connectivity index (χ4v) is 9.06. The summed E-state index contributed by atoms with van der Waals surface area (Å²) in [6, 6.07) is 61.2. The molecule has 0 amide bonds. The highest BCUT2D eigenvalue weighted by molar-refractivity contribution is 6.24. The predicted molar refractivity (Wildman–Crippen MR) is 248 cm³/mol. The molecule has 0 N–H and O–H groups in total. The van der Waals surface area contributed by atoms with Crippen molar-refractivity contribution in [3.8, 4) is 39.2 Å². The maximum absolute atomic E-state index is 5.47. The molecule has 0 aliphatic carbocycles. The van der Waals surface area contributed by atoms with Gasteiger partial charge in [-0.25, -0.2) is 4.98 Å². The number of allylic oxidation sites excluding steroid dienone is 1. The maximum Gasteiger partial charge on any atom is 0.0979 e. The molecule has 0 saturated carbocycles. The molecule has 272 valence electrons. The summed E-state index contributed by atoms with van der Waals surface area (Å²) in [4.78, 5) is 10.7. The highest BCUT2D eigenvalue weighted by Gasteiger charge is 2.18. The Hall–Kier alpha value is -7.62. The van der Waals surface area contributed by atoms with E-state index >= 15 is 0 Å². The van der Waals surface area contributed by atoms with Crippen LogP contribution in [0.3, 0.4) is 0 Å². The molecule has 0 aliphatic heterocycles. The molecule has 3 heteroatoms. The van der Waals surface area contributed by atoms with E-state index in [0.29, 0.717) is 0 Å². The SMILES string of the molecule is C=Cc1c(/C=C\C)c2ccccc2n1-c1cccc(-c2cnc3c4ccc(-c5cccc6ccccc56)cc4c4cc(-c5cccc6ccccc56)ccc4c3n2)c1. The third kappa shape index (κ3) is 5.28. The van der Waals surface area contributed by atoms with Crippen molar-refractivity contribution in [2.24, 2.45) is 0 Å². The lowest BCUT2D eigenvalue weighted by Gasteiger charge is -2.15. The Balaban J connectivity index is 1.14. The van der Waals surface area contributed by atoms with Gasteiger partial charge in [0.25, 0.3) is 0 Å². The van der Waals surface area contributed by atoms with Crippen molar-refractivity contribution in [3.05, 3.63) is 200 Å². The molecule has 0 spiro atoms. The molecular weight excluding hydrogens is 703 g/mol. The molecule has 2 aromatic heterocycles. The van der Waals surface area contributed by atoms with Gasteiger partial charge in [0.05, 0.1) is 34.1 Å². The van der Waals surface area contributed by atoms with Gasteiger partial charge in [-0.3, -0.25) is 4.98 Å². The van der Waals surface area contributed by atoms with Crippen molar-refractivity contribution in [1.82, 2.24) is 14.5 Å². The van der Waals surface area contributed by atoms with Crippen LogP contribution in [0, 0.1) is 0 Å². The molecular formula is C55H37N3. The summed E-state index contributed by atoms with van der Waals surface area (Å²) < 4.78 is 2.29. The molecule has 0 bridgehead atoms. The fourth-order valence-electron chi connectivity index (χ4n) is 9.06. The van der Waals surface area contributed by atoms with Gasteiger partial charge >= 0.3 is 0 Å². The van der Waals surface area contributed by atoms with E-state index in [1.54, 1.807) is 0 Å². The van der Waals surface area contributed by atoms with Crippen LogP contribution >= 0.6 is 0 Å². The smallest absolute Gasteiger partial charge is 0.0979 e. The van der Waals surface area contributed by atoms with E-state index in [9.17, 15) is 0 Å². The summed E-state index contributed by atoms with van der Waals surface area (Å²) in [5.74, 6) is 0. The number of nitrogens with zero attached hydrogens (tertiary/aromatic N) is 3. The molecule has 0 aliphatic rings. The summed E-state index contributed by atoms with van der Waals surface area (Å²) in [7, 11) is 0. The van der Waals surface area contributed by atoms with Crippen molar-refractivity contribution >= 4 is 77.2 Å². The van der Waals surface area contributed by atoms with Crippen LogP contribution in [0.5, 0.6) is 0 Å². The Morgan fingerprint density at radius 2 is 1.09 bits per heavy atom. The van der Waals surface area contributed by atoms with Crippen LogP contribution in [0.25, 0.3) is 116 Å². The van der Waals surface area contributed by atoms with Crippen molar-refractivity contribution in [1.29, 1.82) is 0 Å². The highest BCUT2D eigenvalue weighted by atomic mass is 15.0. The topological polar surface area (TPSA) is 30.7 Å². The second kappa shape index (κ2) is 13.5. The van der Waals surface area contributed by atoms with Gasteiger partial charge in [-0.05, 0) is 97.9 Å². The lowest BCUT2D eigenvalue weighted by molar-refractivity contribution is 1.10. The average molecular weight is 740 g/mol. The Morgan fingerprint density at radius 1 is 0.500 bits per heavy atom. The first kappa shape index (κ1) is 33.7. The van der Waals surface area contributed by atoms with Gasteiger partial charge in [-0.2, -0.15) is 0 Å². The van der Waals surface area contributed by atoms with Gasteiger partial charge in [-0.15, -0.1) is 0 Å². The van der Waals surface area contributed by atoms with Crippen molar-refractivity contribution in [2.75, 3.05) is 0 Å². The summed E-state index contributed by atoms with van der Waals surface area (Å²) >= 11 is 0. The quantitative estimate of drug-likeness (QED) is 0.159. The second-order valence-corrected chi connectivity index (χ2v) is 14.9. The Bertz CT molecular complexity index is 3480. The number of hydrogen-bond acceptors (Lipinski definition) is 2. The van der Waals surface area contributed by atoms with Crippen LogP contribution in [0.1, 0.15) is 18.2 Å². The molecule has 9 aromatic carbocycles. The van der Waals surface area contributed by atoms with E-state index in [4.69, 9.17) is 9.97 Å². The third-order valence-electron chi connectivity index (χ3n) is 11.7. The highest BCUT2D eigenvalue weighted by Crippen LogP contribution is 2.41. The van der Waals surface area contributed by atoms with Gasteiger partial charge in [0.1, 0.15) is 0 Å². The van der Waals surface area contributed by atoms with Crippen LogP contribution in [-0.2, 0) is 0 Å². The molecule has 0 unspecified atom stereocenters. The predicted octanol–water partition coefficient (Wildman–Crippen LogP) is 14.9. The third-order valence-corrected chi connectivity index (χ3v) is 11.7. The van der Waals surface area contributed by atoms with E-state index in [-0.39, 0.29) is 0 Å². The zero-order valence-electron chi connectivity index (χ0n) is 32.0. The zero-order chi connectivity index (χ0) is 38.7. The number of rotatable bonds is 6. The molecule has 0 radical (unpaired) electrons. The molecule has 58 heavy (non-hydrogen) atoms. The molecule has 2 heterocycles. The van der Waals surface area contributed by atoms with E-state index in [2.05, 4.69) is 200 Å². The van der Waals surface area contributed by atoms with Crippen LogP contribution in [-0.4, -0.2) is 14.5 Å². The van der Waals surface area contributed by atoms with Crippen molar-refractivity contribution < 1.29 is 0 Å². The van der Waals surface area contributed by atoms with E-state index < -0.39 is 0 Å². The standard InChI is InChI=1S/C55H37N3/c1-3-14-45-46-23-9-10-26-53(46)58(52(45)4-2)40-20-11-19-39(31-40)51-34-56-54-47-29-27-37(43-24-12-17-35-15-5-7-21-41(35)43)32-49(47)50-33-38(28-30-48(50)55(54)57-51)44-25-13-18-36-16-6-8-22-42(36)44/h3-34H,2H2,1H3/b14-3-. The average Bonchev–Trinajstić information content (AvgIpc) is 3.61. The number of fused-ring (bicyclic) bond motifs is 9. The number of hydrogen-bond donors (Lipinski definition) is 0.